The van der Waals surface area contributed by atoms with Crippen LogP contribution in [0.4, 0.5) is 0 Å². The molecule has 0 bridgehead atoms. The lowest BCUT2D eigenvalue weighted by atomic mass is 10.2. The van der Waals surface area contributed by atoms with Crippen LogP contribution in [-0.2, 0) is 4.74 Å². The van der Waals surface area contributed by atoms with E-state index in [1.807, 2.05) is 6.21 Å². The van der Waals surface area contributed by atoms with Crippen LogP contribution >= 0.6 is 0 Å². The second-order valence-electron chi connectivity index (χ2n) is 2.99. The van der Waals surface area contributed by atoms with Crippen molar-refractivity contribution in [1.29, 1.82) is 0 Å². The summed E-state index contributed by atoms with van der Waals surface area (Å²) >= 11 is 0. The lowest BCUT2D eigenvalue weighted by Crippen LogP contribution is -2.00. The molecule has 0 aromatic carbocycles. The second kappa shape index (κ2) is 5.95. The highest BCUT2D eigenvalue weighted by Gasteiger charge is 1.97. The number of nitrogens with zero attached hydrogens (tertiary/aromatic N) is 1. The van der Waals surface area contributed by atoms with Crippen LogP contribution in [0.5, 0.6) is 0 Å². The minimum atomic E-state index is 0.691. The van der Waals surface area contributed by atoms with Crippen molar-refractivity contribution in [1.82, 2.24) is 0 Å². The zero-order chi connectivity index (χ0) is 8.65. The minimum Gasteiger partial charge on any atom is -0.375 e. The molecule has 1 rings (SSSR count). The molecule has 0 atom stereocenters. The number of aliphatic imine (C=N–C) groups is 1. The van der Waals surface area contributed by atoms with Gasteiger partial charge in [-0.25, -0.2) is 0 Å². The molecule has 0 aliphatic carbocycles. The maximum Gasteiger partial charge on any atom is 0.0884 e. The van der Waals surface area contributed by atoms with Crippen molar-refractivity contribution >= 4 is 6.21 Å². The Kier molecular flexibility index (Phi) is 4.69. The van der Waals surface area contributed by atoms with E-state index in [0.29, 0.717) is 6.61 Å². The van der Waals surface area contributed by atoms with E-state index in [4.69, 9.17) is 4.74 Å². The van der Waals surface area contributed by atoms with Gasteiger partial charge in [0.05, 0.1) is 12.3 Å². The Hall–Kier alpha value is -0.630. The highest BCUT2D eigenvalue weighted by atomic mass is 16.5. The van der Waals surface area contributed by atoms with E-state index in [0.717, 1.165) is 31.6 Å². The third-order valence-corrected chi connectivity index (χ3v) is 1.83. The fourth-order valence-electron chi connectivity index (χ4n) is 1.08. The van der Waals surface area contributed by atoms with Crippen LogP contribution in [0, 0.1) is 0 Å². The van der Waals surface area contributed by atoms with Gasteiger partial charge in [-0.3, -0.25) is 4.99 Å². The van der Waals surface area contributed by atoms with E-state index in [1.54, 1.807) is 0 Å². The molecule has 0 aromatic rings. The molecule has 0 spiro atoms. The molecular formula is C10H17NO. The van der Waals surface area contributed by atoms with Gasteiger partial charge in [0.25, 0.3) is 0 Å². The van der Waals surface area contributed by atoms with Gasteiger partial charge in [-0.05, 0) is 19.3 Å². The van der Waals surface area contributed by atoms with Gasteiger partial charge in [0.2, 0.25) is 0 Å². The Balaban J connectivity index is 2.06. The second-order valence-corrected chi connectivity index (χ2v) is 2.99. The predicted molar refractivity (Wildman–Crippen MR) is 51.5 cm³/mol. The monoisotopic (exact) mass is 167 g/mol. The summed E-state index contributed by atoms with van der Waals surface area (Å²) in [7, 11) is 0. The van der Waals surface area contributed by atoms with Crippen LogP contribution in [0.25, 0.3) is 0 Å². The van der Waals surface area contributed by atoms with Crippen molar-refractivity contribution < 1.29 is 4.74 Å². The summed E-state index contributed by atoms with van der Waals surface area (Å²) in [5, 5.41) is 0. The molecule has 1 aliphatic rings. The predicted octanol–water partition coefficient (Wildman–Crippen LogP) is 2.55. The summed E-state index contributed by atoms with van der Waals surface area (Å²) < 4.78 is 5.43. The number of hydrogen-bond acceptors (Lipinski definition) is 2. The fraction of sp³-hybridized carbons (Fsp3) is 0.700. The molecule has 0 amide bonds. The van der Waals surface area contributed by atoms with Gasteiger partial charge in [0, 0.05) is 12.8 Å². The Morgan fingerprint density at radius 3 is 3.08 bits per heavy atom. The van der Waals surface area contributed by atoms with Crippen molar-refractivity contribution in [3.63, 3.8) is 0 Å². The average molecular weight is 167 g/mol. The van der Waals surface area contributed by atoms with Crippen LogP contribution in [-0.4, -0.2) is 19.4 Å². The van der Waals surface area contributed by atoms with Gasteiger partial charge in [-0.1, -0.05) is 19.4 Å². The summed E-state index contributed by atoms with van der Waals surface area (Å²) in [5.74, 6) is 0. The summed E-state index contributed by atoms with van der Waals surface area (Å²) in [6.45, 7) is 3.72. The topological polar surface area (TPSA) is 21.6 Å². The van der Waals surface area contributed by atoms with Gasteiger partial charge >= 0.3 is 0 Å². The van der Waals surface area contributed by atoms with Crippen molar-refractivity contribution in [2.45, 2.75) is 32.6 Å². The molecule has 0 aromatic heterocycles. The third kappa shape index (κ3) is 3.67. The molecule has 0 saturated carbocycles. The van der Waals surface area contributed by atoms with Crippen LogP contribution in [0.15, 0.2) is 16.8 Å². The first kappa shape index (κ1) is 9.46. The molecule has 2 heteroatoms. The maximum absolute atomic E-state index is 5.43. The van der Waals surface area contributed by atoms with E-state index < -0.39 is 0 Å². The molecule has 1 heterocycles. The first-order valence-electron chi connectivity index (χ1n) is 4.72. The zero-order valence-corrected chi connectivity index (χ0v) is 7.75. The quantitative estimate of drug-likeness (QED) is 0.577. The van der Waals surface area contributed by atoms with Crippen molar-refractivity contribution in [3.05, 3.63) is 11.8 Å². The molecule has 0 unspecified atom stereocenters. The Morgan fingerprint density at radius 1 is 1.50 bits per heavy atom. The smallest absolute Gasteiger partial charge is 0.0884 e. The van der Waals surface area contributed by atoms with E-state index in [1.165, 1.54) is 6.42 Å². The van der Waals surface area contributed by atoms with Crippen LogP contribution < -0.4 is 0 Å². The highest BCUT2D eigenvalue weighted by Crippen LogP contribution is 2.06. The third-order valence-electron chi connectivity index (χ3n) is 1.83. The number of rotatable bonds is 5. The van der Waals surface area contributed by atoms with Gasteiger partial charge in [-0.15, -0.1) is 0 Å². The Labute approximate surface area is 74.3 Å². The molecule has 1 aliphatic heterocycles. The highest BCUT2D eigenvalue weighted by molar-refractivity contribution is 5.60. The summed E-state index contributed by atoms with van der Waals surface area (Å²) in [4.78, 5) is 4.24. The molecule has 0 radical (unpaired) electrons. The summed E-state index contributed by atoms with van der Waals surface area (Å²) in [5.41, 5.74) is 1.09. The number of unbranched alkanes of at least 4 members (excludes halogenated alkanes) is 1. The molecule has 12 heavy (non-hydrogen) atoms. The van der Waals surface area contributed by atoms with Gasteiger partial charge in [-0.2, -0.15) is 0 Å². The SMILES string of the molecule is CCCCOCC1=CCCC=N1. The summed E-state index contributed by atoms with van der Waals surface area (Å²) in [6, 6.07) is 0. The van der Waals surface area contributed by atoms with Crippen LogP contribution in [0.2, 0.25) is 0 Å². The average Bonchev–Trinajstić information content (AvgIpc) is 2.14. The number of allylic oxidation sites excluding steroid dienone is 1. The van der Waals surface area contributed by atoms with E-state index >= 15 is 0 Å². The molecule has 0 fully saturated rings. The van der Waals surface area contributed by atoms with Crippen molar-refractivity contribution in [2.75, 3.05) is 13.2 Å². The molecular weight excluding hydrogens is 150 g/mol. The molecule has 2 nitrogen and oxygen atoms in total. The zero-order valence-electron chi connectivity index (χ0n) is 7.75. The maximum atomic E-state index is 5.43. The van der Waals surface area contributed by atoms with E-state index in [9.17, 15) is 0 Å². The lowest BCUT2D eigenvalue weighted by molar-refractivity contribution is 0.152. The van der Waals surface area contributed by atoms with Crippen LogP contribution in [0.1, 0.15) is 32.6 Å². The number of hydrogen-bond donors (Lipinski definition) is 0. The normalized spacial score (nSPS) is 16.2. The standard InChI is InChI=1S/C10H17NO/c1-2-3-8-12-9-10-6-4-5-7-11-10/h6-7H,2-5,8-9H2,1H3. The van der Waals surface area contributed by atoms with Crippen molar-refractivity contribution in [3.8, 4) is 0 Å². The van der Waals surface area contributed by atoms with Gasteiger partial charge in [0.15, 0.2) is 0 Å². The summed E-state index contributed by atoms with van der Waals surface area (Å²) in [6.07, 6.45) is 8.68. The lowest BCUT2D eigenvalue weighted by Gasteiger charge is -2.06. The van der Waals surface area contributed by atoms with Gasteiger partial charge < -0.3 is 4.74 Å². The largest absolute Gasteiger partial charge is 0.375 e. The van der Waals surface area contributed by atoms with Crippen LogP contribution in [0.3, 0.4) is 0 Å². The van der Waals surface area contributed by atoms with E-state index in [-0.39, 0.29) is 0 Å². The number of ether oxygens (including phenoxy) is 1. The molecule has 0 N–H and O–H groups in total. The molecule has 0 saturated heterocycles. The molecule has 68 valence electrons. The first-order chi connectivity index (χ1) is 5.93. The van der Waals surface area contributed by atoms with E-state index in [2.05, 4.69) is 18.0 Å². The minimum absolute atomic E-state index is 0.691. The fourth-order valence-corrected chi connectivity index (χ4v) is 1.08. The Bertz CT molecular complexity index is 173. The van der Waals surface area contributed by atoms with Gasteiger partial charge in [0.1, 0.15) is 0 Å². The first-order valence-corrected chi connectivity index (χ1v) is 4.72. The van der Waals surface area contributed by atoms with Crippen molar-refractivity contribution in [2.24, 2.45) is 4.99 Å². The Morgan fingerprint density at radius 2 is 2.42 bits per heavy atom.